The summed E-state index contributed by atoms with van der Waals surface area (Å²) in [6, 6.07) is 1.63. The Labute approximate surface area is 95.3 Å². The van der Waals surface area contributed by atoms with Gasteiger partial charge in [-0.15, -0.1) is 0 Å². The highest BCUT2D eigenvalue weighted by Gasteiger charge is 2.35. The Morgan fingerprint density at radius 3 is 2.59 bits per heavy atom. The van der Waals surface area contributed by atoms with Crippen LogP contribution in [-0.2, 0) is 6.18 Å². The van der Waals surface area contributed by atoms with Crippen molar-refractivity contribution in [1.82, 2.24) is 15.0 Å². The van der Waals surface area contributed by atoms with Crippen molar-refractivity contribution in [2.45, 2.75) is 26.1 Å². The first-order valence-corrected chi connectivity index (χ1v) is 5.07. The first kappa shape index (κ1) is 11.7. The SMILES string of the molecule is CC(C)Nc1nc(C(F)(F)F)nc2[nH]ccc12. The minimum Gasteiger partial charge on any atom is -0.367 e. The fraction of sp³-hybridized carbons (Fsp3) is 0.400. The molecule has 7 heteroatoms. The van der Waals surface area contributed by atoms with E-state index in [-0.39, 0.29) is 17.5 Å². The number of H-pyrrole nitrogens is 1. The molecule has 0 spiro atoms. The Hall–Kier alpha value is -1.79. The molecule has 2 rings (SSSR count). The van der Waals surface area contributed by atoms with Gasteiger partial charge in [-0.3, -0.25) is 0 Å². The second-order valence-electron chi connectivity index (χ2n) is 3.93. The first-order valence-electron chi connectivity index (χ1n) is 5.07. The molecule has 0 aromatic carbocycles. The smallest absolute Gasteiger partial charge is 0.367 e. The first-order chi connectivity index (χ1) is 7.88. The Kier molecular flexibility index (Phi) is 2.68. The molecule has 92 valence electrons. The van der Waals surface area contributed by atoms with Crippen molar-refractivity contribution in [3.63, 3.8) is 0 Å². The van der Waals surface area contributed by atoms with Crippen LogP contribution in [0.3, 0.4) is 0 Å². The zero-order valence-corrected chi connectivity index (χ0v) is 9.26. The minimum absolute atomic E-state index is 0.0101. The highest BCUT2D eigenvalue weighted by molar-refractivity contribution is 5.87. The van der Waals surface area contributed by atoms with E-state index in [9.17, 15) is 13.2 Å². The molecular weight excluding hydrogens is 233 g/mol. The summed E-state index contributed by atoms with van der Waals surface area (Å²) in [6.45, 7) is 3.65. The van der Waals surface area contributed by atoms with Crippen LogP contribution >= 0.6 is 0 Å². The number of fused-ring (bicyclic) bond motifs is 1. The standard InChI is InChI=1S/C10H11F3N4/c1-5(2)15-8-6-3-4-14-7(6)16-9(17-8)10(11,12)13/h3-5H,1-2H3,(H2,14,15,16,17). The van der Waals surface area contributed by atoms with Crippen LogP contribution < -0.4 is 5.32 Å². The van der Waals surface area contributed by atoms with Crippen LogP contribution in [-0.4, -0.2) is 21.0 Å². The molecule has 0 saturated heterocycles. The lowest BCUT2D eigenvalue weighted by Gasteiger charge is -2.12. The van der Waals surface area contributed by atoms with E-state index in [4.69, 9.17) is 0 Å². The third-order valence-electron chi connectivity index (χ3n) is 2.09. The molecule has 2 aromatic rings. The van der Waals surface area contributed by atoms with Gasteiger partial charge in [0.25, 0.3) is 0 Å². The number of nitrogens with zero attached hydrogens (tertiary/aromatic N) is 2. The molecule has 2 heterocycles. The maximum atomic E-state index is 12.6. The van der Waals surface area contributed by atoms with E-state index in [2.05, 4.69) is 20.3 Å². The molecule has 0 radical (unpaired) electrons. The lowest BCUT2D eigenvalue weighted by Crippen LogP contribution is -2.16. The Bertz CT molecular complexity index is 530. The van der Waals surface area contributed by atoms with Gasteiger partial charge in [0.1, 0.15) is 11.5 Å². The van der Waals surface area contributed by atoms with Crippen molar-refractivity contribution in [3.05, 3.63) is 18.1 Å². The van der Waals surface area contributed by atoms with Crippen molar-refractivity contribution in [2.24, 2.45) is 0 Å². The van der Waals surface area contributed by atoms with Gasteiger partial charge in [0, 0.05) is 12.2 Å². The quantitative estimate of drug-likeness (QED) is 0.854. The van der Waals surface area contributed by atoms with Crippen molar-refractivity contribution in [3.8, 4) is 0 Å². The van der Waals surface area contributed by atoms with Crippen LogP contribution in [0.4, 0.5) is 19.0 Å². The van der Waals surface area contributed by atoms with Gasteiger partial charge in [0.15, 0.2) is 0 Å². The summed E-state index contributed by atoms with van der Waals surface area (Å²) >= 11 is 0. The molecule has 4 nitrogen and oxygen atoms in total. The largest absolute Gasteiger partial charge is 0.451 e. The van der Waals surface area contributed by atoms with E-state index in [0.29, 0.717) is 5.39 Å². The molecular formula is C10H11F3N4. The Balaban J connectivity index is 2.58. The zero-order valence-electron chi connectivity index (χ0n) is 9.26. The van der Waals surface area contributed by atoms with Crippen molar-refractivity contribution >= 4 is 16.9 Å². The minimum atomic E-state index is -4.55. The molecule has 17 heavy (non-hydrogen) atoms. The van der Waals surface area contributed by atoms with Crippen LogP contribution in [0, 0.1) is 0 Å². The molecule has 0 aliphatic heterocycles. The lowest BCUT2D eigenvalue weighted by atomic mass is 10.3. The van der Waals surface area contributed by atoms with E-state index < -0.39 is 12.0 Å². The van der Waals surface area contributed by atoms with Gasteiger partial charge in [-0.2, -0.15) is 13.2 Å². The predicted molar refractivity (Wildman–Crippen MR) is 57.6 cm³/mol. The molecule has 0 unspecified atom stereocenters. The number of alkyl halides is 3. The highest BCUT2D eigenvalue weighted by Crippen LogP contribution is 2.29. The van der Waals surface area contributed by atoms with Gasteiger partial charge >= 0.3 is 6.18 Å². The topological polar surface area (TPSA) is 53.6 Å². The number of anilines is 1. The van der Waals surface area contributed by atoms with Gasteiger partial charge < -0.3 is 10.3 Å². The van der Waals surface area contributed by atoms with Crippen LogP contribution in [0.25, 0.3) is 11.0 Å². The zero-order chi connectivity index (χ0) is 12.6. The number of aromatic nitrogens is 3. The number of aromatic amines is 1. The van der Waals surface area contributed by atoms with E-state index in [0.717, 1.165) is 0 Å². The maximum Gasteiger partial charge on any atom is 0.451 e. The number of hydrogen-bond donors (Lipinski definition) is 2. The van der Waals surface area contributed by atoms with Crippen molar-refractivity contribution in [1.29, 1.82) is 0 Å². The molecule has 0 aliphatic rings. The molecule has 0 aliphatic carbocycles. The lowest BCUT2D eigenvalue weighted by molar-refractivity contribution is -0.144. The van der Waals surface area contributed by atoms with Crippen molar-refractivity contribution in [2.75, 3.05) is 5.32 Å². The highest BCUT2D eigenvalue weighted by atomic mass is 19.4. The fourth-order valence-electron chi connectivity index (χ4n) is 1.45. The van der Waals surface area contributed by atoms with Gasteiger partial charge in [-0.25, -0.2) is 9.97 Å². The Morgan fingerprint density at radius 2 is 2.00 bits per heavy atom. The third kappa shape index (κ3) is 2.32. The second kappa shape index (κ2) is 3.90. The molecule has 0 fully saturated rings. The second-order valence-corrected chi connectivity index (χ2v) is 3.93. The molecule has 0 amide bonds. The fourth-order valence-corrected chi connectivity index (χ4v) is 1.45. The molecule has 2 N–H and O–H groups in total. The number of hydrogen-bond acceptors (Lipinski definition) is 3. The van der Waals surface area contributed by atoms with Crippen LogP contribution in [0.1, 0.15) is 19.7 Å². The molecule has 0 saturated carbocycles. The van der Waals surface area contributed by atoms with E-state index >= 15 is 0 Å². The summed E-state index contributed by atoms with van der Waals surface area (Å²) in [6.07, 6.45) is -3.02. The molecule has 0 atom stereocenters. The molecule has 2 aromatic heterocycles. The van der Waals surface area contributed by atoms with E-state index in [1.165, 1.54) is 6.20 Å². The van der Waals surface area contributed by atoms with Crippen LogP contribution in [0.5, 0.6) is 0 Å². The summed E-state index contributed by atoms with van der Waals surface area (Å²) < 4.78 is 37.7. The summed E-state index contributed by atoms with van der Waals surface area (Å²) in [4.78, 5) is 9.61. The number of rotatable bonds is 2. The van der Waals surface area contributed by atoms with Gasteiger partial charge in [0.2, 0.25) is 5.82 Å². The normalized spacial score (nSPS) is 12.4. The average molecular weight is 244 g/mol. The monoisotopic (exact) mass is 244 g/mol. The van der Waals surface area contributed by atoms with Crippen LogP contribution in [0.2, 0.25) is 0 Å². The third-order valence-corrected chi connectivity index (χ3v) is 2.09. The van der Waals surface area contributed by atoms with E-state index in [1.807, 2.05) is 13.8 Å². The van der Waals surface area contributed by atoms with E-state index in [1.54, 1.807) is 6.07 Å². The van der Waals surface area contributed by atoms with Gasteiger partial charge in [-0.1, -0.05) is 0 Å². The van der Waals surface area contributed by atoms with Gasteiger partial charge in [0.05, 0.1) is 5.39 Å². The predicted octanol–water partition coefficient (Wildman–Crippen LogP) is 2.80. The number of halogens is 3. The summed E-state index contributed by atoms with van der Waals surface area (Å²) in [7, 11) is 0. The van der Waals surface area contributed by atoms with Crippen LogP contribution in [0.15, 0.2) is 12.3 Å². The number of nitrogens with one attached hydrogen (secondary N) is 2. The molecule has 0 bridgehead atoms. The average Bonchev–Trinajstić information content (AvgIpc) is 2.62. The maximum absolute atomic E-state index is 12.6. The summed E-state index contributed by atoms with van der Waals surface area (Å²) in [5.74, 6) is -0.950. The summed E-state index contributed by atoms with van der Waals surface area (Å²) in [5, 5.41) is 3.42. The van der Waals surface area contributed by atoms with Gasteiger partial charge in [-0.05, 0) is 19.9 Å². The Morgan fingerprint density at radius 1 is 1.29 bits per heavy atom. The van der Waals surface area contributed by atoms with Crippen molar-refractivity contribution < 1.29 is 13.2 Å². The summed E-state index contributed by atoms with van der Waals surface area (Å²) in [5.41, 5.74) is 0.176.